The number of hydrogen-bond donors (Lipinski definition) is 2. The number of ether oxygens (including phenoxy) is 1. The Morgan fingerprint density at radius 1 is 1.09 bits per heavy atom. The molecule has 1 aromatic carbocycles. The van der Waals surface area contributed by atoms with Gasteiger partial charge in [0.1, 0.15) is 17.9 Å². The van der Waals surface area contributed by atoms with Gasteiger partial charge >= 0.3 is 0 Å². The number of halogens is 1. The summed E-state index contributed by atoms with van der Waals surface area (Å²) in [5.41, 5.74) is 3.37. The molecular weight excluding hydrogens is 531 g/mol. The summed E-state index contributed by atoms with van der Waals surface area (Å²) >= 11 is 0. The standard InChI is InChI=1S/C23H34N8O.HI/c1-5-22-28-27-17-30(22)14-12-25-23(26-16-20-7-9-21(32-4)10-8-20)24-11-6-13-31-19(3)15-18(2)29-31;/h7-10,15,17H,5-6,11-14,16H2,1-4H3,(H2,24,25,26);1H. The molecule has 0 atom stereocenters. The Morgan fingerprint density at radius 2 is 1.85 bits per heavy atom. The van der Waals surface area contributed by atoms with E-state index in [2.05, 4.69) is 55.1 Å². The number of methoxy groups -OCH3 is 1. The second-order valence-corrected chi connectivity index (χ2v) is 7.66. The fraction of sp³-hybridized carbons (Fsp3) is 0.478. The van der Waals surface area contributed by atoms with Crippen LogP contribution in [0.5, 0.6) is 5.75 Å². The van der Waals surface area contributed by atoms with Gasteiger partial charge in [-0.05, 0) is 44.0 Å². The van der Waals surface area contributed by atoms with Gasteiger partial charge in [-0.1, -0.05) is 19.1 Å². The number of rotatable bonds is 11. The second kappa shape index (κ2) is 13.8. The average Bonchev–Trinajstić information content (AvgIpc) is 3.39. The lowest BCUT2D eigenvalue weighted by molar-refractivity contribution is 0.414. The minimum atomic E-state index is 0. The molecule has 0 spiro atoms. The fourth-order valence-electron chi connectivity index (χ4n) is 3.45. The van der Waals surface area contributed by atoms with Crippen LogP contribution in [-0.4, -0.2) is 50.7 Å². The van der Waals surface area contributed by atoms with Crippen molar-refractivity contribution in [2.24, 2.45) is 4.99 Å². The number of benzene rings is 1. The highest BCUT2D eigenvalue weighted by molar-refractivity contribution is 14.0. The zero-order chi connectivity index (χ0) is 22.8. The summed E-state index contributed by atoms with van der Waals surface area (Å²) < 4.78 is 9.35. The molecule has 0 amide bonds. The summed E-state index contributed by atoms with van der Waals surface area (Å²) in [4.78, 5) is 4.77. The molecule has 0 saturated carbocycles. The van der Waals surface area contributed by atoms with Crippen LogP contribution in [0.3, 0.4) is 0 Å². The van der Waals surface area contributed by atoms with Gasteiger partial charge in [0.2, 0.25) is 0 Å². The molecule has 180 valence electrons. The lowest BCUT2D eigenvalue weighted by atomic mass is 10.2. The van der Waals surface area contributed by atoms with Gasteiger partial charge in [-0.2, -0.15) is 5.10 Å². The third-order valence-corrected chi connectivity index (χ3v) is 5.18. The van der Waals surface area contributed by atoms with E-state index < -0.39 is 0 Å². The maximum Gasteiger partial charge on any atom is 0.191 e. The number of aryl methyl sites for hydroxylation is 4. The van der Waals surface area contributed by atoms with Crippen LogP contribution in [0, 0.1) is 13.8 Å². The van der Waals surface area contributed by atoms with E-state index in [4.69, 9.17) is 9.73 Å². The average molecular weight is 566 g/mol. The van der Waals surface area contributed by atoms with Gasteiger partial charge in [0.25, 0.3) is 0 Å². The minimum absolute atomic E-state index is 0. The fourth-order valence-corrected chi connectivity index (χ4v) is 3.45. The van der Waals surface area contributed by atoms with Gasteiger partial charge in [-0.25, -0.2) is 4.99 Å². The summed E-state index contributed by atoms with van der Waals surface area (Å²) in [6.45, 7) is 9.98. The number of nitrogens with one attached hydrogen (secondary N) is 2. The van der Waals surface area contributed by atoms with Gasteiger partial charge in [0.05, 0.1) is 19.3 Å². The van der Waals surface area contributed by atoms with Crippen molar-refractivity contribution in [2.45, 2.75) is 53.2 Å². The molecule has 3 aromatic rings. The Hall–Kier alpha value is -2.63. The van der Waals surface area contributed by atoms with E-state index in [9.17, 15) is 0 Å². The molecule has 0 aliphatic carbocycles. The molecule has 0 fully saturated rings. The highest BCUT2D eigenvalue weighted by atomic mass is 127. The second-order valence-electron chi connectivity index (χ2n) is 7.66. The van der Waals surface area contributed by atoms with Crippen molar-refractivity contribution in [1.29, 1.82) is 0 Å². The minimum Gasteiger partial charge on any atom is -0.497 e. The molecule has 2 N–H and O–H groups in total. The van der Waals surface area contributed by atoms with Crippen molar-refractivity contribution in [3.05, 3.63) is 59.4 Å². The Morgan fingerprint density at radius 3 is 2.52 bits per heavy atom. The Bertz CT molecular complexity index is 996. The first kappa shape index (κ1) is 26.6. The maximum atomic E-state index is 5.23. The SMILES string of the molecule is CCc1nncn1CCNC(=NCc1ccc(OC)cc1)NCCCn1nc(C)cc1C.I. The van der Waals surface area contributed by atoms with Crippen molar-refractivity contribution >= 4 is 29.9 Å². The summed E-state index contributed by atoms with van der Waals surface area (Å²) in [5.74, 6) is 2.63. The lowest BCUT2D eigenvalue weighted by Crippen LogP contribution is -2.39. The van der Waals surface area contributed by atoms with Crippen LogP contribution in [0.25, 0.3) is 0 Å². The summed E-state index contributed by atoms with van der Waals surface area (Å²) in [7, 11) is 1.67. The van der Waals surface area contributed by atoms with E-state index in [1.807, 2.05) is 31.2 Å². The van der Waals surface area contributed by atoms with Crippen LogP contribution in [0.4, 0.5) is 0 Å². The zero-order valence-electron chi connectivity index (χ0n) is 19.9. The zero-order valence-corrected chi connectivity index (χ0v) is 22.2. The number of aromatic nitrogens is 5. The molecule has 2 heterocycles. The van der Waals surface area contributed by atoms with Gasteiger partial charge < -0.3 is 19.9 Å². The van der Waals surface area contributed by atoms with Gasteiger partial charge in [0, 0.05) is 38.3 Å². The maximum absolute atomic E-state index is 5.23. The first-order valence-electron chi connectivity index (χ1n) is 11.1. The normalized spacial score (nSPS) is 11.2. The Kier molecular flexibility index (Phi) is 11.1. The Balaban J connectivity index is 0.00000385. The monoisotopic (exact) mass is 566 g/mol. The molecule has 2 aromatic heterocycles. The number of aliphatic imine (C=N–C) groups is 1. The van der Waals surface area contributed by atoms with Crippen LogP contribution in [0.1, 0.15) is 36.1 Å². The van der Waals surface area contributed by atoms with Crippen molar-refractivity contribution in [2.75, 3.05) is 20.2 Å². The molecule has 0 aliphatic heterocycles. The van der Waals surface area contributed by atoms with E-state index in [0.29, 0.717) is 6.54 Å². The number of hydrogen-bond acceptors (Lipinski definition) is 5. The molecule has 3 rings (SSSR count). The number of guanidine groups is 1. The molecule has 0 saturated heterocycles. The summed E-state index contributed by atoms with van der Waals surface area (Å²) in [6, 6.07) is 10.1. The smallest absolute Gasteiger partial charge is 0.191 e. The molecular formula is C23H35IN8O. The topological polar surface area (TPSA) is 94.2 Å². The summed E-state index contributed by atoms with van der Waals surface area (Å²) in [6.07, 6.45) is 3.59. The highest BCUT2D eigenvalue weighted by Crippen LogP contribution is 2.11. The molecule has 0 bridgehead atoms. The molecule has 0 radical (unpaired) electrons. The van der Waals surface area contributed by atoms with E-state index >= 15 is 0 Å². The predicted molar refractivity (Wildman–Crippen MR) is 141 cm³/mol. The van der Waals surface area contributed by atoms with Crippen molar-refractivity contribution in [1.82, 2.24) is 35.2 Å². The van der Waals surface area contributed by atoms with E-state index in [1.54, 1.807) is 13.4 Å². The van der Waals surface area contributed by atoms with E-state index in [0.717, 1.165) is 67.8 Å². The largest absolute Gasteiger partial charge is 0.497 e. The predicted octanol–water partition coefficient (Wildman–Crippen LogP) is 3.11. The van der Waals surface area contributed by atoms with Crippen molar-refractivity contribution < 1.29 is 4.74 Å². The van der Waals surface area contributed by atoms with Gasteiger partial charge in [-0.3, -0.25) is 4.68 Å². The molecule has 9 nitrogen and oxygen atoms in total. The van der Waals surface area contributed by atoms with E-state index in [1.165, 1.54) is 5.69 Å². The van der Waals surface area contributed by atoms with Gasteiger partial charge in [0.15, 0.2) is 5.96 Å². The highest BCUT2D eigenvalue weighted by Gasteiger charge is 2.04. The van der Waals surface area contributed by atoms with Crippen molar-refractivity contribution in [3.63, 3.8) is 0 Å². The molecule has 10 heteroatoms. The third kappa shape index (κ3) is 8.34. The van der Waals surface area contributed by atoms with Gasteiger partial charge in [-0.15, -0.1) is 34.2 Å². The number of nitrogens with zero attached hydrogens (tertiary/aromatic N) is 6. The summed E-state index contributed by atoms with van der Waals surface area (Å²) in [5, 5.41) is 19.6. The quantitative estimate of drug-likeness (QED) is 0.160. The lowest BCUT2D eigenvalue weighted by Gasteiger charge is -2.14. The van der Waals surface area contributed by atoms with Crippen LogP contribution in [0.15, 0.2) is 41.7 Å². The van der Waals surface area contributed by atoms with E-state index in [-0.39, 0.29) is 24.0 Å². The molecule has 33 heavy (non-hydrogen) atoms. The molecule has 0 unspecified atom stereocenters. The van der Waals surface area contributed by atoms with Crippen LogP contribution in [-0.2, 0) is 26.1 Å². The first-order valence-corrected chi connectivity index (χ1v) is 11.1. The third-order valence-electron chi connectivity index (χ3n) is 5.18. The van der Waals surface area contributed by atoms with Crippen LogP contribution >= 0.6 is 24.0 Å². The van der Waals surface area contributed by atoms with Crippen LogP contribution < -0.4 is 15.4 Å². The Labute approximate surface area is 213 Å². The van der Waals surface area contributed by atoms with Crippen molar-refractivity contribution in [3.8, 4) is 5.75 Å². The van der Waals surface area contributed by atoms with Crippen LogP contribution in [0.2, 0.25) is 0 Å². The first-order chi connectivity index (χ1) is 15.6. The molecule has 0 aliphatic rings.